The first-order valence-electron chi connectivity index (χ1n) is 10.3. The third kappa shape index (κ3) is 5.00. The summed E-state index contributed by atoms with van der Waals surface area (Å²) in [6, 6.07) is 18.5. The number of carbonyl (C=O) groups is 1. The molecule has 6 heteroatoms. The number of piperidine rings is 1. The Balaban J connectivity index is 1.27. The summed E-state index contributed by atoms with van der Waals surface area (Å²) in [5.41, 5.74) is 3.26. The van der Waals surface area contributed by atoms with Crippen LogP contribution in [0, 0.1) is 5.92 Å². The van der Waals surface area contributed by atoms with Crippen LogP contribution in [0.25, 0.3) is 11.1 Å². The second kappa shape index (κ2) is 9.76. The molecule has 2 heterocycles. The topological polar surface area (TPSA) is 58.1 Å². The quantitative estimate of drug-likeness (QED) is 0.602. The standard InChI is InChI=1S/C24H26N4OS/c1-30-22-9-7-18(8-10-22)15-25-23(29)20-11-13-28(14-12-20)24-26-16-21(17-27-24)19-5-3-2-4-6-19/h2-10,16-17,20H,11-15H2,1H3,(H,25,29). The Bertz CT molecular complexity index is 953. The fourth-order valence-electron chi connectivity index (χ4n) is 3.68. The van der Waals surface area contributed by atoms with Crippen molar-refractivity contribution >= 4 is 23.6 Å². The first-order chi connectivity index (χ1) is 14.7. The first kappa shape index (κ1) is 20.4. The minimum absolute atomic E-state index is 0.0512. The number of anilines is 1. The Kier molecular flexibility index (Phi) is 6.64. The van der Waals surface area contributed by atoms with Gasteiger partial charge in [0, 0.05) is 48.4 Å². The van der Waals surface area contributed by atoms with Crippen LogP contribution in [0.15, 0.2) is 71.9 Å². The smallest absolute Gasteiger partial charge is 0.225 e. The normalized spacial score (nSPS) is 14.5. The van der Waals surface area contributed by atoms with Crippen molar-refractivity contribution in [3.05, 3.63) is 72.6 Å². The molecular formula is C24H26N4OS. The predicted molar refractivity (Wildman–Crippen MR) is 122 cm³/mol. The lowest BCUT2D eigenvalue weighted by Crippen LogP contribution is -2.41. The average Bonchev–Trinajstić information content (AvgIpc) is 2.83. The minimum Gasteiger partial charge on any atom is -0.352 e. The van der Waals surface area contributed by atoms with Gasteiger partial charge in [-0.25, -0.2) is 9.97 Å². The van der Waals surface area contributed by atoms with Gasteiger partial charge in [-0.1, -0.05) is 42.5 Å². The van der Waals surface area contributed by atoms with Crippen LogP contribution in [0.5, 0.6) is 0 Å². The molecule has 1 amide bonds. The number of nitrogens with zero attached hydrogens (tertiary/aromatic N) is 3. The molecule has 1 aliphatic rings. The van der Waals surface area contributed by atoms with Gasteiger partial charge in [0.05, 0.1) is 0 Å². The lowest BCUT2D eigenvalue weighted by Gasteiger charge is -2.31. The Hall–Kier alpha value is -2.86. The Morgan fingerprint density at radius 1 is 1.00 bits per heavy atom. The fraction of sp³-hybridized carbons (Fsp3) is 0.292. The summed E-state index contributed by atoms with van der Waals surface area (Å²) in [5, 5.41) is 3.09. The maximum atomic E-state index is 12.6. The van der Waals surface area contributed by atoms with Crippen molar-refractivity contribution in [3.63, 3.8) is 0 Å². The van der Waals surface area contributed by atoms with E-state index < -0.39 is 0 Å². The number of nitrogens with one attached hydrogen (secondary N) is 1. The first-order valence-corrected chi connectivity index (χ1v) is 11.5. The van der Waals surface area contributed by atoms with Gasteiger partial charge in [-0.2, -0.15) is 0 Å². The molecule has 0 saturated carbocycles. The number of amides is 1. The molecule has 0 spiro atoms. The van der Waals surface area contributed by atoms with Gasteiger partial charge in [0.2, 0.25) is 11.9 Å². The van der Waals surface area contributed by atoms with E-state index in [2.05, 4.69) is 62.8 Å². The van der Waals surface area contributed by atoms with E-state index in [-0.39, 0.29) is 11.8 Å². The number of carbonyl (C=O) groups excluding carboxylic acids is 1. The van der Waals surface area contributed by atoms with Gasteiger partial charge >= 0.3 is 0 Å². The largest absolute Gasteiger partial charge is 0.352 e. The molecule has 30 heavy (non-hydrogen) atoms. The third-order valence-electron chi connectivity index (χ3n) is 5.52. The van der Waals surface area contributed by atoms with E-state index in [0.717, 1.165) is 48.6 Å². The van der Waals surface area contributed by atoms with E-state index in [4.69, 9.17) is 0 Å². The summed E-state index contributed by atoms with van der Waals surface area (Å²) in [4.78, 5) is 25.1. The molecule has 2 aromatic carbocycles. The highest BCUT2D eigenvalue weighted by atomic mass is 32.2. The molecule has 5 nitrogen and oxygen atoms in total. The number of hydrogen-bond donors (Lipinski definition) is 1. The van der Waals surface area contributed by atoms with Crippen LogP contribution in [0.4, 0.5) is 5.95 Å². The highest BCUT2D eigenvalue weighted by Crippen LogP contribution is 2.23. The molecule has 0 radical (unpaired) electrons. The molecule has 1 aromatic heterocycles. The second-order valence-corrected chi connectivity index (χ2v) is 8.34. The predicted octanol–water partition coefficient (Wildman–Crippen LogP) is 4.40. The number of benzene rings is 2. The van der Waals surface area contributed by atoms with Gasteiger partial charge in [0.15, 0.2) is 0 Å². The highest BCUT2D eigenvalue weighted by Gasteiger charge is 2.26. The Morgan fingerprint density at radius 3 is 2.30 bits per heavy atom. The summed E-state index contributed by atoms with van der Waals surface area (Å²) in [7, 11) is 0. The molecule has 0 bridgehead atoms. The lowest BCUT2D eigenvalue weighted by molar-refractivity contribution is -0.125. The molecule has 0 unspecified atom stereocenters. The van der Waals surface area contributed by atoms with Crippen LogP contribution in [0.3, 0.4) is 0 Å². The van der Waals surface area contributed by atoms with E-state index >= 15 is 0 Å². The minimum atomic E-state index is 0.0512. The van der Waals surface area contributed by atoms with Crippen molar-refractivity contribution in [2.24, 2.45) is 5.92 Å². The van der Waals surface area contributed by atoms with Crippen LogP contribution in [-0.4, -0.2) is 35.2 Å². The molecule has 1 saturated heterocycles. The molecule has 154 valence electrons. The zero-order chi connectivity index (χ0) is 20.8. The van der Waals surface area contributed by atoms with Crippen LogP contribution in [0.2, 0.25) is 0 Å². The van der Waals surface area contributed by atoms with Crippen LogP contribution < -0.4 is 10.2 Å². The second-order valence-electron chi connectivity index (χ2n) is 7.46. The Labute approximate surface area is 181 Å². The van der Waals surface area contributed by atoms with Gasteiger partial charge in [-0.05, 0) is 42.4 Å². The average molecular weight is 419 g/mol. The summed E-state index contributed by atoms with van der Waals surface area (Å²) < 4.78 is 0. The molecule has 0 aliphatic carbocycles. The van der Waals surface area contributed by atoms with E-state index in [1.54, 1.807) is 11.8 Å². The molecule has 3 aromatic rings. The molecule has 1 fully saturated rings. The zero-order valence-electron chi connectivity index (χ0n) is 17.1. The van der Waals surface area contributed by atoms with E-state index in [1.165, 1.54) is 4.90 Å². The van der Waals surface area contributed by atoms with E-state index in [1.807, 2.05) is 30.6 Å². The summed E-state index contributed by atoms with van der Waals surface area (Å²) in [6.07, 6.45) is 7.45. The third-order valence-corrected chi connectivity index (χ3v) is 6.26. The monoisotopic (exact) mass is 418 g/mol. The molecular weight excluding hydrogens is 392 g/mol. The number of aromatic nitrogens is 2. The van der Waals surface area contributed by atoms with Crippen molar-refractivity contribution in [1.29, 1.82) is 0 Å². The number of thioether (sulfide) groups is 1. The highest BCUT2D eigenvalue weighted by molar-refractivity contribution is 7.98. The van der Waals surface area contributed by atoms with E-state index in [0.29, 0.717) is 6.54 Å². The molecule has 4 rings (SSSR count). The number of rotatable bonds is 6. The fourth-order valence-corrected chi connectivity index (χ4v) is 4.09. The maximum Gasteiger partial charge on any atom is 0.225 e. The van der Waals surface area contributed by atoms with Crippen LogP contribution in [-0.2, 0) is 11.3 Å². The summed E-state index contributed by atoms with van der Waals surface area (Å²) >= 11 is 1.72. The zero-order valence-corrected chi connectivity index (χ0v) is 17.9. The maximum absolute atomic E-state index is 12.6. The van der Waals surface area contributed by atoms with Crippen molar-refractivity contribution in [2.45, 2.75) is 24.3 Å². The van der Waals surface area contributed by atoms with Gasteiger partial charge < -0.3 is 10.2 Å². The summed E-state index contributed by atoms with van der Waals surface area (Å²) in [5.74, 6) is 0.932. The van der Waals surface area contributed by atoms with E-state index in [9.17, 15) is 4.79 Å². The van der Waals surface area contributed by atoms with Crippen molar-refractivity contribution in [3.8, 4) is 11.1 Å². The Morgan fingerprint density at radius 2 is 1.67 bits per heavy atom. The van der Waals surface area contributed by atoms with Gasteiger partial charge in [-0.15, -0.1) is 11.8 Å². The van der Waals surface area contributed by atoms with Gasteiger partial charge in [0.1, 0.15) is 0 Å². The van der Waals surface area contributed by atoms with Crippen LogP contribution >= 0.6 is 11.8 Å². The lowest BCUT2D eigenvalue weighted by atomic mass is 9.96. The van der Waals surface area contributed by atoms with Crippen molar-refractivity contribution < 1.29 is 4.79 Å². The number of hydrogen-bond acceptors (Lipinski definition) is 5. The van der Waals surface area contributed by atoms with Gasteiger partial charge in [0.25, 0.3) is 0 Å². The van der Waals surface area contributed by atoms with Gasteiger partial charge in [-0.3, -0.25) is 4.79 Å². The molecule has 0 atom stereocenters. The van der Waals surface area contributed by atoms with Crippen molar-refractivity contribution in [1.82, 2.24) is 15.3 Å². The molecule has 1 aliphatic heterocycles. The SMILES string of the molecule is CSc1ccc(CNC(=O)C2CCN(c3ncc(-c4ccccc4)cn3)CC2)cc1. The molecule has 1 N–H and O–H groups in total. The van der Waals surface area contributed by atoms with Crippen LogP contribution in [0.1, 0.15) is 18.4 Å². The summed E-state index contributed by atoms with van der Waals surface area (Å²) in [6.45, 7) is 2.17. The van der Waals surface area contributed by atoms with Crippen molar-refractivity contribution in [2.75, 3.05) is 24.2 Å².